The normalized spacial score (nSPS) is 16.6. The van der Waals surface area contributed by atoms with Crippen molar-refractivity contribution >= 4 is 28.1 Å². The molecule has 4 heterocycles. The quantitative estimate of drug-likeness (QED) is 0.501. The van der Waals surface area contributed by atoms with Crippen LogP contribution in [0.5, 0.6) is 0 Å². The summed E-state index contributed by atoms with van der Waals surface area (Å²) in [5.74, 6) is 1.42. The zero-order chi connectivity index (χ0) is 25.4. The van der Waals surface area contributed by atoms with Gasteiger partial charge in [-0.05, 0) is 81.9 Å². The highest BCUT2D eigenvalue weighted by Gasteiger charge is 2.24. The van der Waals surface area contributed by atoms with Crippen molar-refractivity contribution in [2.24, 2.45) is 0 Å². The monoisotopic (exact) mass is 487 g/mol. The van der Waals surface area contributed by atoms with E-state index in [0.717, 1.165) is 41.0 Å². The molecule has 36 heavy (non-hydrogen) atoms. The molecule has 0 spiro atoms. The molecule has 2 aliphatic heterocycles. The van der Waals surface area contributed by atoms with Crippen LogP contribution in [0, 0.1) is 13.8 Å². The molecule has 0 saturated heterocycles. The Labute approximate surface area is 211 Å². The van der Waals surface area contributed by atoms with Gasteiger partial charge in [-0.1, -0.05) is 12.2 Å². The first kappa shape index (κ1) is 24.2. The molecule has 0 atom stereocenters. The lowest BCUT2D eigenvalue weighted by atomic mass is 9.96. The minimum Gasteiger partial charge on any atom is -0.444 e. The molecule has 8 heteroatoms. The topological polar surface area (TPSA) is 82.4 Å². The number of hydrogen-bond donors (Lipinski definition) is 0. The molecular weight excluding hydrogens is 454 g/mol. The highest BCUT2D eigenvalue weighted by atomic mass is 16.6. The Kier molecular flexibility index (Phi) is 6.38. The van der Waals surface area contributed by atoms with Gasteiger partial charge < -0.3 is 14.4 Å². The molecule has 0 fully saturated rings. The minimum atomic E-state index is -0.508. The number of carbonyl (C=O) groups is 1. The first-order valence-electron chi connectivity index (χ1n) is 12.5. The second-order valence-electron chi connectivity index (χ2n) is 10.4. The number of nitrogens with zero attached hydrogens (tertiary/aromatic N) is 5. The molecule has 0 saturated carbocycles. The highest BCUT2D eigenvalue weighted by molar-refractivity contribution is 5.86. The van der Waals surface area contributed by atoms with Crippen LogP contribution in [-0.4, -0.2) is 62.6 Å². The van der Waals surface area contributed by atoms with Crippen molar-refractivity contribution < 1.29 is 14.3 Å². The maximum Gasteiger partial charge on any atom is 0.410 e. The van der Waals surface area contributed by atoms with Crippen LogP contribution in [0.4, 0.5) is 4.79 Å². The van der Waals surface area contributed by atoms with Gasteiger partial charge >= 0.3 is 6.09 Å². The number of aryl methyl sites for hydroxylation is 2. The SMILES string of the molecule is Cc1nc(C2=CCN(C(=O)OC(C)(C)C)CC2)cc(-n2ncc3cc(C)c(C4=CCOCC4)cc32)n1. The zero-order valence-electron chi connectivity index (χ0n) is 21.7. The van der Waals surface area contributed by atoms with E-state index in [1.165, 1.54) is 16.7 Å². The lowest BCUT2D eigenvalue weighted by Gasteiger charge is -2.29. The summed E-state index contributed by atoms with van der Waals surface area (Å²) in [6.07, 6.45) is 7.44. The number of benzene rings is 1. The van der Waals surface area contributed by atoms with E-state index in [1.54, 1.807) is 4.90 Å². The Balaban J connectivity index is 1.46. The Hall–Kier alpha value is -3.52. The fourth-order valence-corrected chi connectivity index (χ4v) is 4.71. The molecule has 188 valence electrons. The van der Waals surface area contributed by atoms with Gasteiger partial charge in [0.1, 0.15) is 11.4 Å². The number of hydrogen-bond acceptors (Lipinski definition) is 6. The van der Waals surface area contributed by atoms with Gasteiger partial charge in [-0.2, -0.15) is 5.10 Å². The maximum absolute atomic E-state index is 12.4. The smallest absolute Gasteiger partial charge is 0.410 e. The lowest BCUT2D eigenvalue weighted by Crippen LogP contribution is -2.39. The van der Waals surface area contributed by atoms with E-state index in [2.05, 4.69) is 36.3 Å². The summed E-state index contributed by atoms with van der Waals surface area (Å²) in [4.78, 5) is 23.6. The summed E-state index contributed by atoms with van der Waals surface area (Å²) in [6, 6.07) is 6.39. The first-order chi connectivity index (χ1) is 17.2. The molecule has 0 N–H and O–H groups in total. The van der Waals surface area contributed by atoms with Gasteiger partial charge in [0.25, 0.3) is 0 Å². The van der Waals surface area contributed by atoms with E-state index in [9.17, 15) is 4.79 Å². The van der Waals surface area contributed by atoms with Gasteiger partial charge in [0, 0.05) is 24.5 Å². The number of carbonyl (C=O) groups excluding carboxylic acids is 1. The van der Waals surface area contributed by atoms with Crippen molar-refractivity contribution in [2.45, 2.75) is 53.1 Å². The Morgan fingerprint density at radius 3 is 2.58 bits per heavy atom. The van der Waals surface area contributed by atoms with E-state index < -0.39 is 5.60 Å². The third-order valence-electron chi connectivity index (χ3n) is 6.45. The predicted octanol–water partition coefficient (Wildman–Crippen LogP) is 5.26. The summed E-state index contributed by atoms with van der Waals surface area (Å²) in [5.41, 5.74) is 6.25. The second-order valence-corrected chi connectivity index (χ2v) is 10.4. The molecule has 0 radical (unpaired) electrons. The van der Waals surface area contributed by atoms with Crippen LogP contribution in [0.25, 0.3) is 27.9 Å². The second kappa shape index (κ2) is 9.50. The van der Waals surface area contributed by atoms with E-state index in [0.29, 0.717) is 31.9 Å². The van der Waals surface area contributed by atoms with Crippen molar-refractivity contribution in [1.29, 1.82) is 0 Å². The van der Waals surface area contributed by atoms with E-state index in [-0.39, 0.29) is 6.09 Å². The summed E-state index contributed by atoms with van der Waals surface area (Å²) in [5, 5.41) is 5.76. The van der Waals surface area contributed by atoms with Gasteiger partial charge in [0.2, 0.25) is 0 Å². The van der Waals surface area contributed by atoms with Crippen LogP contribution in [0.15, 0.2) is 36.5 Å². The minimum absolute atomic E-state index is 0.286. The third kappa shape index (κ3) is 5.04. The van der Waals surface area contributed by atoms with Gasteiger partial charge in [-0.3, -0.25) is 0 Å². The van der Waals surface area contributed by atoms with Crippen LogP contribution in [0.3, 0.4) is 0 Å². The van der Waals surface area contributed by atoms with E-state index in [1.807, 2.05) is 44.6 Å². The Bertz CT molecular complexity index is 1380. The molecule has 1 amide bonds. The van der Waals surface area contributed by atoms with Crippen LogP contribution in [0.2, 0.25) is 0 Å². The molecule has 2 aromatic heterocycles. The third-order valence-corrected chi connectivity index (χ3v) is 6.45. The van der Waals surface area contributed by atoms with Crippen LogP contribution >= 0.6 is 0 Å². The fraction of sp³-hybridized carbons (Fsp3) is 0.429. The average Bonchev–Trinajstić information content (AvgIpc) is 3.25. The van der Waals surface area contributed by atoms with Crippen molar-refractivity contribution in [3.8, 4) is 5.82 Å². The zero-order valence-corrected chi connectivity index (χ0v) is 21.7. The van der Waals surface area contributed by atoms with Crippen LogP contribution in [0.1, 0.15) is 56.3 Å². The Morgan fingerprint density at radius 1 is 1.06 bits per heavy atom. The lowest BCUT2D eigenvalue weighted by molar-refractivity contribution is 0.0270. The van der Waals surface area contributed by atoms with Crippen molar-refractivity contribution in [3.63, 3.8) is 0 Å². The van der Waals surface area contributed by atoms with Crippen molar-refractivity contribution in [1.82, 2.24) is 24.6 Å². The van der Waals surface area contributed by atoms with Crippen LogP contribution in [-0.2, 0) is 9.47 Å². The predicted molar refractivity (Wildman–Crippen MR) is 140 cm³/mol. The summed E-state index contributed by atoms with van der Waals surface area (Å²) >= 11 is 0. The molecular formula is C28H33N5O3. The number of amides is 1. The highest BCUT2D eigenvalue weighted by Crippen LogP contribution is 2.30. The number of fused-ring (bicyclic) bond motifs is 1. The molecule has 0 aliphatic carbocycles. The number of ether oxygens (including phenoxy) is 2. The van der Waals surface area contributed by atoms with E-state index >= 15 is 0 Å². The van der Waals surface area contributed by atoms with Gasteiger partial charge in [-0.25, -0.2) is 19.4 Å². The molecule has 2 aliphatic rings. The summed E-state index contributed by atoms with van der Waals surface area (Å²) < 4.78 is 12.9. The molecule has 0 bridgehead atoms. The first-order valence-corrected chi connectivity index (χ1v) is 12.5. The van der Waals surface area contributed by atoms with Crippen molar-refractivity contribution in [2.75, 3.05) is 26.3 Å². The molecule has 5 rings (SSSR count). The van der Waals surface area contributed by atoms with E-state index in [4.69, 9.17) is 19.4 Å². The molecule has 1 aromatic carbocycles. The van der Waals surface area contributed by atoms with Gasteiger partial charge in [-0.15, -0.1) is 0 Å². The Morgan fingerprint density at radius 2 is 1.89 bits per heavy atom. The van der Waals surface area contributed by atoms with Gasteiger partial charge in [0.05, 0.1) is 30.6 Å². The van der Waals surface area contributed by atoms with Gasteiger partial charge in [0.15, 0.2) is 5.82 Å². The van der Waals surface area contributed by atoms with Crippen molar-refractivity contribution in [3.05, 3.63) is 59.2 Å². The maximum atomic E-state index is 12.4. The number of rotatable bonds is 3. The average molecular weight is 488 g/mol. The fourth-order valence-electron chi connectivity index (χ4n) is 4.71. The summed E-state index contributed by atoms with van der Waals surface area (Å²) in [6.45, 7) is 12.2. The number of aromatic nitrogens is 4. The standard InChI is InChI=1S/C28H33N5O3/c1-18-14-22-17-29-33(25(22)15-23(18)20-8-12-35-13-9-20)26-16-24(30-19(2)31-26)21-6-10-32(11-7-21)27(34)36-28(3,4)5/h6,8,14-17H,7,9-13H2,1-5H3. The van der Waals surface area contributed by atoms with Crippen LogP contribution < -0.4 is 0 Å². The molecule has 8 nitrogen and oxygen atoms in total. The molecule has 3 aromatic rings. The summed E-state index contributed by atoms with van der Waals surface area (Å²) in [7, 11) is 0. The molecule has 0 unspecified atom stereocenters. The largest absolute Gasteiger partial charge is 0.444 e.